The lowest BCUT2D eigenvalue weighted by atomic mass is 9.90. The van der Waals surface area contributed by atoms with E-state index in [4.69, 9.17) is 5.11 Å². The van der Waals surface area contributed by atoms with E-state index >= 15 is 0 Å². The molecule has 0 bridgehead atoms. The minimum Gasteiger partial charge on any atom is -0.481 e. The van der Waals surface area contributed by atoms with Crippen LogP contribution in [-0.2, 0) is 16.6 Å². The Hall–Kier alpha value is -0.900. The van der Waals surface area contributed by atoms with Gasteiger partial charge in [0.2, 0.25) is 0 Å². The molecule has 0 saturated carbocycles. The van der Waals surface area contributed by atoms with Crippen molar-refractivity contribution < 1.29 is 9.90 Å². The van der Waals surface area contributed by atoms with E-state index in [9.17, 15) is 4.79 Å². The molecule has 1 aromatic heterocycles. The molecule has 0 radical (unpaired) electrons. The van der Waals surface area contributed by atoms with E-state index in [-0.39, 0.29) is 5.41 Å². The lowest BCUT2D eigenvalue weighted by Crippen LogP contribution is -2.29. The molecule has 0 atom stereocenters. The average Bonchev–Trinajstić information content (AvgIpc) is 2.49. The number of carboxylic acids is 1. The zero-order valence-corrected chi connectivity index (χ0v) is 11.3. The fourth-order valence-corrected chi connectivity index (χ4v) is 2.50. The molecular weight excluding hydrogens is 222 g/mol. The van der Waals surface area contributed by atoms with Crippen molar-refractivity contribution in [2.24, 2.45) is 5.41 Å². The predicted molar refractivity (Wildman–Crippen MR) is 65.9 cm³/mol. The van der Waals surface area contributed by atoms with Gasteiger partial charge < -0.3 is 5.11 Å². The second-order valence-corrected chi connectivity index (χ2v) is 6.74. The Kier molecular flexibility index (Phi) is 3.43. The zero-order chi connectivity index (χ0) is 12.6. The first-order valence-corrected chi connectivity index (χ1v) is 6.19. The van der Waals surface area contributed by atoms with Gasteiger partial charge in [-0.05, 0) is 19.3 Å². The van der Waals surface area contributed by atoms with Crippen molar-refractivity contribution >= 4 is 17.3 Å². The summed E-state index contributed by atoms with van der Waals surface area (Å²) >= 11 is 1.55. The monoisotopic (exact) mass is 241 g/mol. The number of rotatable bonds is 3. The molecule has 1 aromatic rings. The Balaban J connectivity index is 2.92. The quantitative estimate of drug-likeness (QED) is 0.884. The SMILES string of the molecule is CC(C)(C)Cc1nc(C(C)(C)C(=O)O)cs1. The van der Waals surface area contributed by atoms with Crippen LogP contribution in [0.4, 0.5) is 0 Å². The van der Waals surface area contributed by atoms with Crippen LogP contribution < -0.4 is 0 Å². The third-order valence-corrected chi connectivity index (χ3v) is 3.26. The molecule has 3 nitrogen and oxygen atoms in total. The summed E-state index contributed by atoms with van der Waals surface area (Å²) in [5.41, 5.74) is -0.0565. The highest BCUT2D eigenvalue weighted by molar-refractivity contribution is 7.09. The van der Waals surface area contributed by atoms with Gasteiger partial charge in [0.1, 0.15) is 5.41 Å². The molecule has 90 valence electrons. The Morgan fingerprint density at radius 1 is 1.38 bits per heavy atom. The van der Waals surface area contributed by atoms with Crippen LogP contribution in [0, 0.1) is 5.41 Å². The highest BCUT2D eigenvalue weighted by Crippen LogP contribution is 2.28. The van der Waals surface area contributed by atoms with E-state index in [1.54, 1.807) is 25.2 Å². The first-order valence-electron chi connectivity index (χ1n) is 5.31. The molecule has 16 heavy (non-hydrogen) atoms. The standard InChI is InChI=1S/C12H19NO2S/c1-11(2,3)6-9-13-8(7-16-9)12(4,5)10(14)15/h7H,6H2,1-5H3,(H,14,15). The number of carboxylic acid groups (broad SMARTS) is 1. The molecule has 0 saturated heterocycles. The molecule has 1 rings (SSSR count). The topological polar surface area (TPSA) is 50.2 Å². The molecule has 0 amide bonds. The zero-order valence-electron chi connectivity index (χ0n) is 10.5. The first kappa shape index (κ1) is 13.2. The predicted octanol–water partition coefficient (Wildman–Crippen LogP) is 3.09. The van der Waals surface area contributed by atoms with Crippen molar-refractivity contribution in [3.63, 3.8) is 0 Å². The van der Waals surface area contributed by atoms with E-state index in [1.165, 1.54) is 0 Å². The van der Waals surface area contributed by atoms with Crippen LogP contribution in [0.15, 0.2) is 5.38 Å². The Morgan fingerprint density at radius 2 is 1.94 bits per heavy atom. The molecule has 1 N–H and O–H groups in total. The van der Waals surface area contributed by atoms with Gasteiger partial charge in [-0.15, -0.1) is 11.3 Å². The molecule has 0 spiro atoms. The third-order valence-electron chi connectivity index (χ3n) is 2.41. The number of nitrogens with zero attached hydrogens (tertiary/aromatic N) is 1. The number of hydrogen-bond donors (Lipinski definition) is 1. The van der Waals surface area contributed by atoms with Crippen molar-refractivity contribution in [3.8, 4) is 0 Å². The molecule has 0 aliphatic heterocycles. The van der Waals surface area contributed by atoms with Crippen LogP contribution in [0.2, 0.25) is 0 Å². The summed E-state index contributed by atoms with van der Waals surface area (Å²) in [5.74, 6) is -0.833. The molecule has 0 unspecified atom stereocenters. The fourth-order valence-electron chi connectivity index (χ4n) is 1.24. The molecule has 0 aliphatic rings. The van der Waals surface area contributed by atoms with Crippen molar-refractivity contribution in [1.29, 1.82) is 0 Å². The summed E-state index contributed by atoms with van der Waals surface area (Å²) in [5, 5.41) is 12.0. The van der Waals surface area contributed by atoms with Gasteiger partial charge in [0.15, 0.2) is 0 Å². The second kappa shape index (κ2) is 4.17. The van der Waals surface area contributed by atoms with Gasteiger partial charge in [0, 0.05) is 11.8 Å². The molecular formula is C12H19NO2S. The maximum absolute atomic E-state index is 11.1. The minimum atomic E-state index is -0.896. The number of aromatic nitrogens is 1. The van der Waals surface area contributed by atoms with Crippen molar-refractivity contribution in [1.82, 2.24) is 4.98 Å². The molecule has 0 aliphatic carbocycles. The highest BCUT2D eigenvalue weighted by Gasteiger charge is 2.32. The van der Waals surface area contributed by atoms with E-state index in [0.29, 0.717) is 5.69 Å². The van der Waals surface area contributed by atoms with E-state index in [1.807, 2.05) is 5.38 Å². The van der Waals surface area contributed by atoms with Gasteiger partial charge in [-0.1, -0.05) is 20.8 Å². The summed E-state index contributed by atoms with van der Waals surface area (Å²) in [6.45, 7) is 9.82. The van der Waals surface area contributed by atoms with Gasteiger partial charge in [-0.25, -0.2) is 4.98 Å². The van der Waals surface area contributed by atoms with Crippen LogP contribution in [0.1, 0.15) is 45.3 Å². The van der Waals surface area contributed by atoms with Gasteiger partial charge in [0.25, 0.3) is 0 Å². The Labute approximate surface area is 101 Å². The molecule has 4 heteroatoms. The van der Waals surface area contributed by atoms with Gasteiger partial charge in [-0.2, -0.15) is 0 Å². The number of aliphatic carboxylic acids is 1. The molecule has 1 heterocycles. The lowest BCUT2D eigenvalue weighted by molar-refractivity contribution is -0.142. The smallest absolute Gasteiger partial charge is 0.315 e. The number of carbonyl (C=O) groups is 1. The van der Waals surface area contributed by atoms with Crippen LogP contribution >= 0.6 is 11.3 Å². The van der Waals surface area contributed by atoms with E-state index < -0.39 is 11.4 Å². The van der Waals surface area contributed by atoms with Gasteiger partial charge in [-0.3, -0.25) is 4.79 Å². The summed E-state index contributed by atoms with van der Waals surface area (Å²) in [4.78, 5) is 15.5. The summed E-state index contributed by atoms with van der Waals surface area (Å²) in [6.07, 6.45) is 0.882. The minimum absolute atomic E-state index is 0.183. The summed E-state index contributed by atoms with van der Waals surface area (Å²) in [7, 11) is 0. The van der Waals surface area contributed by atoms with Crippen molar-refractivity contribution in [2.45, 2.75) is 46.5 Å². The maximum Gasteiger partial charge on any atom is 0.315 e. The fraction of sp³-hybridized carbons (Fsp3) is 0.667. The van der Waals surface area contributed by atoms with E-state index in [0.717, 1.165) is 11.4 Å². The second-order valence-electron chi connectivity index (χ2n) is 5.79. The van der Waals surface area contributed by atoms with Crippen LogP contribution in [0.5, 0.6) is 0 Å². The first-order chi connectivity index (χ1) is 7.13. The third kappa shape index (κ3) is 3.04. The largest absolute Gasteiger partial charge is 0.481 e. The highest BCUT2D eigenvalue weighted by atomic mass is 32.1. The van der Waals surface area contributed by atoms with Gasteiger partial charge >= 0.3 is 5.97 Å². The normalized spacial score (nSPS) is 12.8. The summed E-state index contributed by atoms with van der Waals surface area (Å²) < 4.78 is 0. The Morgan fingerprint density at radius 3 is 2.38 bits per heavy atom. The van der Waals surface area contributed by atoms with Crippen LogP contribution in [0.25, 0.3) is 0 Å². The maximum atomic E-state index is 11.1. The van der Waals surface area contributed by atoms with Gasteiger partial charge in [0.05, 0.1) is 10.7 Å². The lowest BCUT2D eigenvalue weighted by Gasteiger charge is -2.17. The number of thiazole rings is 1. The van der Waals surface area contributed by atoms with E-state index in [2.05, 4.69) is 25.8 Å². The van der Waals surface area contributed by atoms with Crippen molar-refractivity contribution in [2.75, 3.05) is 0 Å². The van der Waals surface area contributed by atoms with Crippen molar-refractivity contribution in [3.05, 3.63) is 16.1 Å². The Bertz CT molecular complexity index is 388. The molecule has 0 fully saturated rings. The van der Waals surface area contributed by atoms with Crippen LogP contribution in [-0.4, -0.2) is 16.1 Å². The van der Waals surface area contributed by atoms with Crippen LogP contribution in [0.3, 0.4) is 0 Å². The summed E-state index contributed by atoms with van der Waals surface area (Å²) in [6, 6.07) is 0. The average molecular weight is 241 g/mol. The molecule has 0 aromatic carbocycles. The number of hydrogen-bond acceptors (Lipinski definition) is 3.